The molecule has 3 nitrogen and oxygen atoms in total. The number of nitrogens with zero attached hydrogens (tertiary/aromatic N) is 1. The Morgan fingerprint density at radius 3 is 3.20 bits per heavy atom. The average Bonchev–Trinajstić information content (AvgIpc) is 2.90. The van der Waals surface area contributed by atoms with Crippen molar-refractivity contribution in [3.05, 3.63) is 24.0 Å². The lowest BCUT2D eigenvalue weighted by Crippen LogP contribution is -2.04. The molecule has 15 heavy (non-hydrogen) atoms. The lowest BCUT2D eigenvalue weighted by atomic mass is 9.91. The topological polar surface area (TPSA) is 48.9 Å². The van der Waals surface area contributed by atoms with Gasteiger partial charge in [0, 0.05) is 24.4 Å². The van der Waals surface area contributed by atoms with E-state index in [1.54, 1.807) is 6.20 Å². The van der Waals surface area contributed by atoms with Crippen LogP contribution >= 0.6 is 0 Å². The number of pyridine rings is 1. The number of hydrogen-bond acceptors (Lipinski definition) is 2. The van der Waals surface area contributed by atoms with Crippen molar-refractivity contribution in [1.29, 1.82) is 0 Å². The van der Waals surface area contributed by atoms with Crippen LogP contribution in [0.5, 0.6) is 0 Å². The Morgan fingerprint density at radius 2 is 2.47 bits per heavy atom. The van der Waals surface area contributed by atoms with Gasteiger partial charge in [-0.3, -0.25) is 0 Å². The van der Waals surface area contributed by atoms with Crippen LogP contribution in [0.25, 0.3) is 11.0 Å². The summed E-state index contributed by atoms with van der Waals surface area (Å²) < 4.78 is 0. The minimum absolute atomic E-state index is 0.261. The van der Waals surface area contributed by atoms with Gasteiger partial charge in [0.25, 0.3) is 0 Å². The first-order chi connectivity index (χ1) is 7.31. The first-order valence-electron chi connectivity index (χ1n) is 5.13. The maximum absolute atomic E-state index is 9.06. The van der Waals surface area contributed by atoms with Crippen molar-refractivity contribution in [2.24, 2.45) is 5.92 Å². The molecule has 2 aromatic rings. The fourth-order valence-corrected chi connectivity index (χ4v) is 2.23. The number of nitrogens with one attached hydrogen (secondary N) is 1. The second-order valence-corrected chi connectivity index (χ2v) is 4.15. The minimum atomic E-state index is 0.261. The van der Waals surface area contributed by atoms with E-state index >= 15 is 0 Å². The predicted molar refractivity (Wildman–Crippen MR) is 59.4 cm³/mol. The third kappa shape index (κ3) is 1.28. The number of aromatic nitrogens is 2. The molecule has 2 aromatic heterocycles. The molecule has 2 N–H and O–H groups in total. The average molecular weight is 198 g/mol. The number of hydrogen-bond donors (Lipinski definition) is 2. The molecule has 0 amide bonds. The van der Waals surface area contributed by atoms with Gasteiger partial charge in [-0.05, 0) is 23.8 Å². The molecule has 2 unspecified atom stereocenters. The van der Waals surface area contributed by atoms with Crippen molar-refractivity contribution < 1.29 is 5.11 Å². The van der Waals surface area contributed by atoms with Gasteiger partial charge >= 0.3 is 0 Å². The van der Waals surface area contributed by atoms with Crippen LogP contribution in [-0.4, -0.2) is 29.5 Å². The summed E-state index contributed by atoms with van der Waals surface area (Å²) in [6.45, 7) is 0.261. The molecule has 0 spiro atoms. The van der Waals surface area contributed by atoms with E-state index in [1.165, 1.54) is 5.56 Å². The summed E-state index contributed by atoms with van der Waals surface area (Å²) in [7, 11) is 5.93. The molecule has 0 bridgehead atoms. The Kier molecular flexibility index (Phi) is 1.86. The van der Waals surface area contributed by atoms with Gasteiger partial charge in [0.05, 0.1) is 0 Å². The van der Waals surface area contributed by atoms with Crippen LogP contribution in [0.1, 0.15) is 17.9 Å². The van der Waals surface area contributed by atoms with E-state index in [2.05, 4.69) is 9.97 Å². The van der Waals surface area contributed by atoms with Crippen molar-refractivity contribution in [3.8, 4) is 0 Å². The maximum atomic E-state index is 9.06. The van der Waals surface area contributed by atoms with Gasteiger partial charge in [-0.1, -0.05) is 11.5 Å². The lowest BCUT2D eigenvalue weighted by molar-refractivity contribution is 0.274. The Morgan fingerprint density at radius 1 is 1.60 bits per heavy atom. The predicted octanol–water partition coefficient (Wildman–Crippen LogP) is 0.452. The molecular formula is C11H11BN2O. The zero-order valence-corrected chi connectivity index (χ0v) is 8.27. The van der Waals surface area contributed by atoms with Crippen LogP contribution in [0.4, 0.5) is 0 Å². The standard InChI is InChI=1S/C11H11BN2O/c12-9-1-2-13-11-10(9)8(4-14-11)7-3-6(7)5-15/h1-2,4,6-7,15H,3,5H2,(H,13,14). The third-order valence-electron chi connectivity index (χ3n) is 3.19. The normalized spacial score (nSPS) is 24.6. The first-order valence-corrected chi connectivity index (χ1v) is 5.13. The largest absolute Gasteiger partial charge is 0.396 e. The SMILES string of the molecule is [B]c1ccnc2[nH]cc(C3CC3CO)c12. The highest BCUT2D eigenvalue weighted by Crippen LogP contribution is 2.48. The van der Waals surface area contributed by atoms with Crippen LogP contribution in [0.3, 0.4) is 0 Å². The Labute approximate surface area is 88.9 Å². The quantitative estimate of drug-likeness (QED) is 0.688. The van der Waals surface area contributed by atoms with Gasteiger partial charge in [0.2, 0.25) is 0 Å². The molecule has 2 radical (unpaired) electrons. The Balaban J connectivity index is 2.12. The van der Waals surface area contributed by atoms with Crippen molar-refractivity contribution in [2.45, 2.75) is 12.3 Å². The van der Waals surface area contributed by atoms with Crippen LogP contribution in [0, 0.1) is 5.92 Å². The first kappa shape index (κ1) is 8.98. The maximum Gasteiger partial charge on any atom is 0.136 e. The van der Waals surface area contributed by atoms with Gasteiger partial charge in [-0.2, -0.15) is 0 Å². The second kappa shape index (κ2) is 3.10. The molecule has 0 aromatic carbocycles. The smallest absolute Gasteiger partial charge is 0.136 e. The molecule has 74 valence electrons. The molecule has 0 aliphatic heterocycles. The van der Waals surface area contributed by atoms with Gasteiger partial charge in [-0.15, -0.1) is 0 Å². The van der Waals surface area contributed by atoms with E-state index in [0.29, 0.717) is 11.8 Å². The molecule has 1 aliphatic carbocycles. The van der Waals surface area contributed by atoms with E-state index in [4.69, 9.17) is 13.0 Å². The van der Waals surface area contributed by atoms with E-state index in [0.717, 1.165) is 22.9 Å². The van der Waals surface area contributed by atoms with Crippen molar-refractivity contribution in [2.75, 3.05) is 6.61 Å². The van der Waals surface area contributed by atoms with Gasteiger partial charge in [0.1, 0.15) is 13.5 Å². The fourth-order valence-electron chi connectivity index (χ4n) is 2.23. The van der Waals surface area contributed by atoms with Gasteiger partial charge in [0.15, 0.2) is 0 Å². The zero-order chi connectivity index (χ0) is 10.4. The summed E-state index contributed by atoms with van der Waals surface area (Å²) in [5, 5.41) is 10.1. The van der Waals surface area contributed by atoms with Crippen LogP contribution in [0.2, 0.25) is 0 Å². The molecule has 0 saturated heterocycles. The van der Waals surface area contributed by atoms with Crippen molar-refractivity contribution in [3.63, 3.8) is 0 Å². The van der Waals surface area contributed by atoms with Gasteiger partial charge < -0.3 is 10.1 Å². The van der Waals surface area contributed by atoms with Crippen LogP contribution < -0.4 is 5.46 Å². The number of H-pyrrole nitrogens is 1. The molecule has 2 atom stereocenters. The highest BCUT2D eigenvalue weighted by Gasteiger charge is 2.39. The summed E-state index contributed by atoms with van der Waals surface area (Å²) in [5.41, 5.74) is 2.81. The van der Waals surface area contributed by atoms with E-state index in [9.17, 15) is 0 Å². The fraction of sp³-hybridized carbons (Fsp3) is 0.364. The van der Waals surface area contributed by atoms with Gasteiger partial charge in [-0.25, -0.2) is 4.98 Å². The number of fused-ring (bicyclic) bond motifs is 1. The summed E-state index contributed by atoms with van der Waals surface area (Å²) >= 11 is 0. The number of rotatable bonds is 2. The summed E-state index contributed by atoms with van der Waals surface area (Å²) in [6.07, 6.45) is 4.72. The molecule has 1 saturated carbocycles. The second-order valence-electron chi connectivity index (χ2n) is 4.15. The lowest BCUT2D eigenvalue weighted by Gasteiger charge is -2.00. The number of aliphatic hydroxyl groups excluding tert-OH is 1. The van der Waals surface area contributed by atoms with E-state index in [1.807, 2.05) is 12.3 Å². The molecule has 2 heterocycles. The molecule has 1 aliphatic rings. The highest BCUT2D eigenvalue weighted by atomic mass is 16.3. The van der Waals surface area contributed by atoms with Crippen LogP contribution in [0.15, 0.2) is 18.5 Å². The molecular weight excluding hydrogens is 187 g/mol. The zero-order valence-electron chi connectivity index (χ0n) is 8.27. The highest BCUT2D eigenvalue weighted by molar-refractivity contribution is 6.38. The van der Waals surface area contributed by atoms with Crippen molar-refractivity contribution in [1.82, 2.24) is 9.97 Å². The number of aromatic amines is 1. The van der Waals surface area contributed by atoms with Crippen molar-refractivity contribution >= 4 is 24.3 Å². The monoisotopic (exact) mass is 198 g/mol. The van der Waals surface area contributed by atoms with E-state index in [-0.39, 0.29) is 6.61 Å². The summed E-state index contributed by atoms with van der Waals surface area (Å²) in [5.74, 6) is 0.860. The molecule has 3 rings (SSSR count). The third-order valence-corrected chi connectivity index (χ3v) is 3.19. The summed E-state index contributed by atoms with van der Waals surface area (Å²) in [4.78, 5) is 7.35. The minimum Gasteiger partial charge on any atom is -0.396 e. The van der Waals surface area contributed by atoms with Crippen LogP contribution in [-0.2, 0) is 0 Å². The Bertz CT molecular complexity index is 508. The molecule has 4 heteroatoms. The Hall–Kier alpha value is -1.29. The summed E-state index contributed by atoms with van der Waals surface area (Å²) in [6, 6.07) is 1.82. The molecule has 1 fully saturated rings. The van der Waals surface area contributed by atoms with E-state index < -0.39 is 0 Å². The number of aliphatic hydroxyl groups is 1.